The second kappa shape index (κ2) is 8.64. The molecule has 30 heavy (non-hydrogen) atoms. The van der Waals surface area contributed by atoms with Gasteiger partial charge >= 0.3 is 5.97 Å². The van der Waals surface area contributed by atoms with Crippen LogP contribution in [0, 0.1) is 5.41 Å². The highest BCUT2D eigenvalue weighted by atomic mass is 32.2. The number of rotatable bonds is 6. The van der Waals surface area contributed by atoms with E-state index in [1.54, 1.807) is 11.9 Å². The highest BCUT2D eigenvalue weighted by Crippen LogP contribution is 2.54. The average molecular weight is 425 g/mol. The smallest absolute Gasteiger partial charge is 0.340 e. The predicted molar refractivity (Wildman–Crippen MR) is 124 cm³/mol. The van der Waals surface area contributed by atoms with Gasteiger partial charge in [-0.25, -0.2) is 4.79 Å². The summed E-state index contributed by atoms with van der Waals surface area (Å²) in [6.45, 7) is 8.77. The van der Waals surface area contributed by atoms with Crippen LogP contribution in [0.1, 0.15) is 62.4 Å². The summed E-state index contributed by atoms with van der Waals surface area (Å²) in [6.07, 6.45) is 5.20. The summed E-state index contributed by atoms with van der Waals surface area (Å²) in [6, 6.07) is 15.9. The maximum Gasteiger partial charge on any atom is 0.340 e. The molecular weight excluding hydrogens is 392 g/mol. The number of hydrogen-bond acceptors (Lipinski definition) is 5. The van der Waals surface area contributed by atoms with Crippen molar-refractivity contribution in [2.24, 2.45) is 5.41 Å². The molecule has 1 spiro atoms. The third-order valence-corrected chi connectivity index (χ3v) is 7.20. The zero-order valence-electron chi connectivity index (χ0n) is 18.2. The van der Waals surface area contributed by atoms with Crippen LogP contribution < -0.4 is 9.62 Å². The van der Waals surface area contributed by atoms with Crippen LogP contribution >= 0.6 is 11.9 Å². The topological polar surface area (TPSA) is 41.6 Å². The molecule has 0 aromatic heterocycles. The summed E-state index contributed by atoms with van der Waals surface area (Å²) in [5.41, 5.74) is 3.29. The Morgan fingerprint density at radius 3 is 2.40 bits per heavy atom. The highest BCUT2D eigenvalue weighted by Gasteiger charge is 2.44. The zero-order chi connectivity index (χ0) is 21.2. The number of carbonyl (C=O) groups excluding carboxylic acids is 1. The number of benzene rings is 2. The fourth-order valence-electron chi connectivity index (χ4n) is 3.92. The molecule has 2 fully saturated rings. The molecular formula is C25H32N2O2S. The number of carbonyl (C=O) groups is 1. The van der Waals surface area contributed by atoms with Gasteiger partial charge in [0, 0.05) is 23.5 Å². The molecule has 160 valence electrons. The predicted octanol–water partition coefficient (Wildman–Crippen LogP) is 5.82. The number of esters is 1. The first kappa shape index (κ1) is 21.3. The fourth-order valence-corrected chi connectivity index (χ4v) is 4.65. The molecule has 1 saturated carbocycles. The Hall–Kier alpha value is -1.98. The summed E-state index contributed by atoms with van der Waals surface area (Å²) in [5, 5.41) is 0. The summed E-state index contributed by atoms with van der Waals surface area (Å²) in [4.78, 5) is 16.5. The standard InChI is InChI=1S/C25H32N2O2S/c1-24(2,3)26-30-20-9-10-21(23(28)29-18-19-7-5-4-6-8-19)22(17-20)27-15-13-25(11-12-25)14-16-27/h4-10,17,26H,11-16,18H2,1-3H3. The van der Waals surface area contributed by atoms with Gasteiger partial charge in [-0.3, -0.25) is 4.72 Å². The van der Waals surface area contributed by atoms with Gasteiger partial charge in [0.25, 0.3) is 0 Å². The molecule has 1 saturated heterocycles. The molecule has 1 N–H and O–H groups in total. The lowest BCUT2D eigenvalue weighted by Gasteiger charge is -2.35. The minimum Gasteiger partial charge on any atom is -0.457 e. The molecule has 4 rings (SSSR count). The van der Waals surface area contributed by atoms with Crippen molar-refractivity contribution in [1.29, 1.82) is 0 Å². The van der Waals surface area contributed by atoms with Crippen molar-refractivity contribution in [3.05, 3.63) is 59.7 Å². The van der Waals surface area contributed by atoms with Crippen LogP contribution in [-0.2, 0) is 11.3 Å². The largest absolute Gasteiger partial charge is 0.457 e. The Bertz CT molecular complexity index is 878. The number of piperidine rings is 1. The summed E-state index contributed by atoms with van der Waals surface area (Å²) in [7, 11) is 0. The first-order chi connectivity index (χ1) is 14.3. The Labute approximate surface area is 184 Å². The normalized spacial score (nSPS) is 17.8. The third kappa shape index (κ3) is 5.38. The molecule has 0 bridgehead atoms. The zero-order valence-corrected chi connectivity index (χ0v) is 19.1. The molecule has 4 nitrogen and oxygen atoms in total. The first-order valence-electron chi connectivity index (χ1n) is 10.9. The van der Waals surface area contributed by atoms with Gasteiger partial charge in [-0.1, -0.05) is 30.3 Å². The quantitative estimate of drug-likeness (QED) is 0.467. The molecule has 1 aliphatic carbocycles. The monoisotopic (exact) mass is 424 g/mol. The number of anilines is 1. The van der Waals surface area contributed by atoms with Gasteiger partial charge in [0.1, 0.15) is 6.61 Å². The van der Waals surface area contributed by atoms with Gasteiger partial charge in [-0.05, 0) is 87.6 Å². The molecule has 1 heterocycles. The van der Waals surface area contributed by atoms with E-state index in [4.69, 9.17) is 4.74 Å². The van der Waals surface area contributed by atoms with Crippen molar-refractivity contribution < 1.29 is 9.53 Å². The van der Waals surface area contributed by atoms with Crippen LogP contribution in [0.4, 0.5) is 5.69 Å². The Morgan fingerprint density at radius 1 is 1.07 bits per heavy atom. The van der Waals surface area contributed by atoms with Gasteiger partial charge in [-0.2, -0.15) is 0 Å². The average Bonchev–Trinajstić information content (AvgIpc) is 3.50. The molecule has 0 radical (unpaired) electrons. The molecule has 0 amide bonds. The van der Waals surface area contributed by atoms with E-state index in [9.17, 15) is 4.79 Å². The number of hydrogen-bond donors (Lipinski definition) is 1. The van der Waals surface area contributed by atoms with Gasteiger partial charge < -0.3 is 9.64 Å². The van der Waals surface area contributed by atoms with Crippen LogP contribution in [0.3, 0.4) is 0 Å². The number of nitrogens with one attached hydrogen (secondary N) is 1. The van der Waals surface area contributed by atoms with E-state index in [0.29, 0.717) is 17.6 Å². The van der Waals surface area contributed by atoms with Crippen molar-refractivity contribution in [3.8, 4) is 0 Å². The van der Waals surface area contributed by atoms with Crippen molar-refractivity contribution in [1.82, 2.24) is 4.72 Å². The Kier molecular flexibility index (Phi) is 6.12. The maximum atomic E-state index is 13.0. The molecule has 2 aliphatic rings. The van der Waals surface area contributed by atoms with E-state index in [-0.39, 0.29) is 11.5 Å². The lowest BCUT2D eigenvalue weighted by atomic mass is 9.93. The van der Waals surface area contributed by atoms with Gasteiger partial charge in [0.15, 0.2) is 0 Å². The Morgan fingerprint density at radius 2 is 1.77 bits per heavy atom. The summed E-state index contributed by atoms with van der Waals surface area (Å²) >= 11 is 1.62. The van der Waals surface area contributed by atoms with Gasteiger partial charge in [0.05, 0.1) is 11.3 Å². The van der Waals surface area contributed by atoms with Crippen molar-refractivity contribution in [2.75, 3.05) is 18.0 Å². The van der Waals surface area contributed by atoms with E-state index in [0.717, 1.165) is 29.2 Å². The Balaban J connectivity index is 1.52. The molecule has 0 unspecified atom stereocenters. The van der Waals surface area contributed by atoms with Crippen LogP contribution in [0.15, 0.2) is 53.4 Å². The molecule has 2 aromatic carbocycles. The fraction of sp³-hybridized carbons (Fsp3) is 0.480. The summed E-state index contributed by atoms with van der Waals surface area (Å²) in [5.74, 6) is -0.249. The SMILES string of the molecule is CC(C)(C)NSc1ccc(C(=O)OCc2ccccc2)c(N2CCC3(CC2)CC3)c1. The van der Waals surface area contributed by atoms with Gasteiger partial charge in [-0.15, -0.1) is 0 Å². The van der Waals surface area contributed by atoms with Crippen LogP contribution in [-0.4, -0.2) is 24.6 Å². The van der Waals surface area contributed by atoms with Crippen molar-refractivity contribution >= 4 is 23.6 Å². The molecule has 0 atom stereocenters. The molecule has 1 aliphatic heterocycles. The number of nitrogens with zero attached hydrogens (tertiary/aromatic N) is 1. The van der Waals surface area contributed by atoms with Crippen molar-refractivity contribution in [2.45, 2.75) is 63.5 Å². The summed E-state index contributed by atoms with van der Waals surface area (Å²) < 4.78 is 9.13. The van der Waals surface area contributed by atoms with E-state index in [1.807, 2.05) is 42.5 Å². The first-order valence-corrected chi connectivity index (χ1v) is 11.7. The highest BCUT2D eigenvalue weighted by molar-refractivity contribution is 7.97. The van der Waals surface area contributed by atoms with E-state index < -0.39 is 0 Å². The lowest BCUT2D eigenvalue weighted by molar-refractivity contribution is 0.0473. The van der Waals surface area contributed by atoms with Crippen LogP contribution in [0.2, 0.25) is 0 Å². The van der Waals surface area contributed by atoms with E-state index >= 15 is 0 Å². The van der Waals surface area contributed by atoms with Gasteiger partial charge in [0.2, 0.25) is 0 Å². The second-order valence-corrected chi connectivity index (χ2v) is 10.6. The molecule has 2 aromatic rings. The maximum absolute atomic E-state index is 13.0. The van der Waals surface area contributed by atoms with Crippen LogP contribution in [0.5, 0.6) is 0 Å². The minimum atomic E-state index is -0.249. The molecule has 5 heteroatoms. The van der Waals surface area contributed by atoms with Crippen molar-refractivity contribution in [3.63, 3.8) is 0 Å². The lowest BCUT2D eigenvalue weighted by Crippen LogP contribution is -2.35. The number of ether oxygens (including phenoxy) is 1. The van der Waals surface area contributed by atoms with E-state index in [1.165, 1.54) is 25.7 Å². The second-order valence-electron chi connectivity index (χ2n) is 9.68. The minimum absolute atomic E-state index is 0.0155. The third-order valence-electron chi connectivity index (χ3n) is 6.00. The van der Waals surface area contributed by atoms with E-state index in [2.05, 4.69) is 36.5 Å². The van der Waals surface area contributed by atoms with Crippen LogP contribution in [0.25, 0.3) is 0 Å².